The molecule has 0 radical (unpaired) electrons. The molecule has 5 aliphatic rings. The first-order chi connectivity index (χ1) is 15.7. The second-order valence-corrected chi connectivity index (χ2v) is 11.9. The van der Waals surface area contributed by atoms with E-state index in [1.165, 1.54) is 18.4 Å². The molecular weight excluding hydrogens is 420 g/mol. The molecular formula is C26H42N2O5. The normalized spacial score (nSPS) is 42.0. The molecule has 6 atom stereocenters. The number of rotatable bonds is 6. The van der Waals surface area contributed by atoms with Crippen molar-refractivity contribution >= 4 is 6.09 Å². The third kappa shape index (κ3) is 4.46. The van der Waals surface area contributed by atoms with Crippen molar-refractivity contribution in [3.05, 3.63) is 11.6 Å². The van der Waals surface area contributed by atoms with Crippen LogP contribution in [0.2, 0.25) is 0 Å². The van der Waals surface area contributed by atoms with Gasteiger partial charge in [0.25, 0.3) is 0 Å². The van der Waals surface area contributed by atoms with Gasteiger partial charge in [0.05, 0.1) is 18.6 Å². The van der Waals surface area contributed by atoms with E-state index in [-0.39, 0.29) is 47.6 Å². The molecule has 0 aromatic rings. The van der Waals surface area contributed by atoms with Crippen molar-refractivity contribution in [2.24, 2.45) is 11.3 Å². The minimum Gasteiger partial charge on any atom is -0.443 e. The summed E-state index contributed by atoms with van der Waals surface area (Å²) in [6.45, 7) is 9.47. The van der Waals surface area contributed by atoms with E-state index in [9.17, 15) is 4.79 Å². The van der Waals surface area contributed by atoms with Gasteiger partial charge >= 0.3 is 6.09 Å². The summed E-state index contributed by atoms with van der Waals surface area (Å²) in [5.41, 5.74) is 1.23. The molecule has 186 valence electrons. The Balaban J connectivity index is 1.18. The number of nitrogens with one attached hydrogen (secondary N) is 1. The molecule has 7 nitrogen and oxygen atoms in total. The lowest BCUT2D eigenvalue weighted by molar-refractivity contribution is -0.119. The highest BCUT2D eigenvalue weighted by Crippen LogP contribution is 2.59. The lowest BCUT2D eigenvalue weighted by Crippen LogP contribution is -2.57. The first-order valence-corrected chi connectivity index (χ1v) is 12.8. The van der Waals surface area contributed by atoms with Crippen LogP contribution in [0, 0.1) is 11.3 Å². The van der Waals surface area contributed by atoms with Gasteiger partial charge in [0.2, 0.25) is 0 Å². The van der Waals surface area contributed by atoms with Gasteiger partial charge in [-0.05, 0) is 91.3 Å². The summed E-state index contributed by atoms with van der Waals surface area (Å²) in [4.78, 5) is 15.2. The molecule has 5 rings (SSSR count). The van der Waals surface area contributed by atoms with Crippen molar-refractivity contribution in [2.45, 2.75) is 101 Å². The Morgan fingerprint density at radius 1 is 1.21 bits per heavy atom. The maximum Gasteiger partial charge on any atom is 0.407 e. The highest BCUT2D eigenvalue weighted by molar-refractivity contribution is 5.68. The van der Waals surface area contributed by atoms with Crippen LogP contribution < -0.4 is 5.32 Å². The van der Waals surface area contributed by atoms with Gasteiger partial charge in [-0.1, -0.05) is 11.6 Å². The summed E-state index contributed by atoms with van der Waals surface area (Å²) in [6, 6.07) is 0.233. The molecule has 3 heterocycles. The molecule has 0 aromatic carbocycles. The molecule has 33 heavy (non-hydrogen) atoms. The SMILES string of the molecule is CO[C@H]1C([C@@]2(C)O[C@@H]2CC=C(C)C)[C@]2(CC[C@H]1OC(=O)NC1CC3(CCN(C)CC3)C1)CO2. The predicted octanol–water partition coefficient (Wildman–Crippen LogP) is 3.66. The van der Waals surface area contributed by atoms with E-state index in [1.807, 2.05) is 0 Å². The van der Waals surface area contributed by atoms with Crippen LogP contribution in [-0.2, 0) is 18.9 Å². The van der Waals surface area contributed by atoms with Gasteiger partial charge in [-0.25, -0.2) is 4.79 Å². The average Bonchev–Trinajstić information content (AvgIpc) is 3.65. The Morgan fingerprint density at radius 3 is 2.52 bits per heavy atom. The summed E-state index contributed by atoms with van der Waals surface area (Å²) < 4.78 is 24.2. The topological polar surface area (TPSA) is 75.9 Å². The minimum atomic E-state index is -0.309. The third-order valence-electron chi connectivity index (χ3n) is 9.22. The van der Waals surface area contributed by atoms with Crippen molar-refractivity contribution in [3.63, 3.8) is 0 Å². The number of carbonyl (C=O) groups is 1. The lowest BCUT2D eigenvalue weighted by atomic mass is 9.60. The highest BCUT2D eigenvalue weighted by atomic mass is 16.6. The molecule has 2 aliphatic carbocycles. The van der Waals surface area contributed by atoms with Crippen LogP contribution in [0.25, 0.3) is 0 Å². The number of nitrogens with zero attached hydrogens (tertiary/aromatic N) is 1. The number of amides is 1. The number of carbonyl (C=O) groups excluding carboxylic acids is 1. The number of methoxy groups -OCH3 is 1. The van der Waals surface area contributed by atoms with Crippen molar-refractivity contribution in [1.29, 1.82) is 0 Å². The Labute approximate surface area is 198 Å². The smallest absolute Gasteiger partial charge is 0.407 e. The van der Waals surface area contributed by atoms with E-state index >= 15 is 0 Å². The zero-order valence-corrected chi connectivity index (χ0v) is 21.0. The number of alkyl carbamates (subject to hydrolysis) is 1. The fraction of sp³-hybridized carbons (Fsp3) is 0.885. The van der Waals surface area contributed by atoms with E-state index in [4.69, 9.17) is 18.9 Å². The predicted molar refractivity (Wildman–Crippen MR) is 125 cm³/mol. The molecule has 3 saturated heterocycles. The summed E-state index contributed by atoms with van der Waals surface area (Å²) >= 11 is 0. The van der Waals surface area contributed by atoms with Gasteiger partial charge in [-0.2, -0.15) is 0 Å². The fourth-order valence-electron chi connectivity index (χ4n) is 7.00. The van der Waals surface area contributed by atoms with Gasteiger partial charge in [-0.3, -0.25) is 0 Å². The maximum absolute atomic E-state index is 12.8. The maximum atomic E-state index is 12.8. The van der Waals surface area contributed by atoms with Gasteiger partial charge in [-0.15, -0.1) is 0 Å². The Morgan fingerprint density at radius 2 is 1.91 bits per heavy atom. The monoisotopic (exact) mass is 462 g/mol. The molecule has 1 amide bonds. The van der Waals surface area contributed by atoms with Crippen LogP contribution >= 0.6 is 0 Å². The second kappa shape index (κ2) is 8.51. The molecule has 2 saturated carbocycles. The minimum absolute atomic E-state index is 0.0586. The van der Waals surface area contributed by atoms with Gasteiger partial charge < -0.3 is 29.2 Å². The standard InChI is InChI=1S/C26H42N2O5/c1-17(2)6-7-20-24(3,33-20)22-21(30-5)19(8-9-26(22)16-31-26)32-23(29)27-18-14-25(15-18)10-12-28(4)13-11-25/h6,18-22H,7-16H2,1-5H3,(H,27,29)/t19-,20-,21-,22?,24+,26+/m1/s1. The molecule has 0 aromatic heterocycles. The number of hydrogen-bond donors (Lipinski definition) is 1. The average molecular weight is 463 g/mol. The number of piperidine rings is 1. The van der Waals surface area contributed by atoms with E-state index in [2.05, 4.69) is 44.1 Å². The van der Waals surface area contributed by atoms with E-state index < -0.39 is 0 Å². The fourth-order valence-corrected chi connectivity index (χ4v) is 7.00. The third-order valence-corrected chi connectivity index (χ3v) is 9.22. The van der Waals surface area contributed by atoms with Crippen LogP contribution in [0.3, 0.4) is 0 Å². The zero-order valence-electron chi connectivity index (χ0n) is 21.0. The summed E-state index contributed by atoms with van der Waals surface area (Å²) in [5, 5.41) is 3.14. The molecule has 5 fully saturated rings. The number of epoxide rings is 2. The highest BCUT2D eigenvalue weighted by Gasteiger charge is 2.72. The lowest BCUT2D eigenvalue weighted by Gasteiger charge is -2.52. The van der Waals surface area contributed by atoms with E-state index in [0.717, 1.165) is 51.8 Å². The van der Waals surface area contributed by atoms with Crippen LogP contribution in [0.1, 0.15) is 65.7 Å². The van der Waals surface area contributed by atoms with Crippen LogP contribution in [0.4, 0.5) is 4.79 Å². The quantitative estimate of drug-likeness (QED) is 0.480. The zero-order chi connectivity index (χ0) is 23.4. The molecule has 1 unspecified atom stereocenters. The van der Waals surface area contributed by atoms with Crippen molar-refractivity contribution < 1.29 is 23.7 Å². The molecule has 7 heteroatoms. The Kier molecular flexibility index (Phi) is 6.08. The summed E-state index contributed by atoms with van der Waals surface area (Å²) in [6.07, 6.45) is 8.74. The molecule has 0 bridgehead atoms. The number of allylic oxidation sites excluding steroid dienone is 1. The van der Waals surface area contributed by atoms with Crippen molar-refractivity contribution in [1.82, 2.24) is 10.2 Å². The Hall–Kier alpha value is -1.15. The van der Waals surface area contributed by atoms with Gasteiger partial charge in [0.15, 0.2) is 0 Å². The summed E-state index contributed by atoms with van der Waals surface area (Å²) in [5.74, 6) is 0.0586. The first kappa shape index (κ1) is 23.6. The molecule has 3 aliphatic heterocycles. The number of hydrogen-bond acceptors (Lipinski definition) is 6. The van der Waals surface area contributed by atoms with Crippen LogP contribution in [0.5, 0.6) is 0 Å². The van der Waals surface area contributed by atoms with Crippen molar-refractivity contribution in [3.8, 4) is 0 Å². The van der Waals surface area contributed by atoms with Crippen LogP contribution in [-0.4, -0.2) is 80.4 Å². The first-order valence-electron chi connectivity index (χ1n) is 12.8. The van der Waals surface area contributed by atoms with Gasteiger partial charge in [0, 0.05) is 13.2 Å². The molecule has 1 N–H and O–H groups in total. The van der Waals surface area contributed by atoms with Crippen molar-refractivity contribution in [2.75, 3.05) is 33.9 Å². The van der Waals surface area contributed by atoms with E-state index in [0.29, 0.717) is 5.41 Å². The van der Waals surface area contributed by atoms with Gasteiger partial charge in [0.1, 0.15) is 23.4 Å². The van der Waals surface area contributed by atoms with Crippen LogP contribution in [0.15, 0.2) is 11.6 Å². The molecule has 2 spiro atoms. The second-order valence-electron chi connectivity index (χ2n) is 11.9. The largest absolute Gasteiger partial charge is 0.443 e. The number of ether oxygens (including phenoxy) is 4. The van der Waals surface area contributed by atoms with E-state index in [1.54, 1.807) is 7.11 Å². The Bertz CT molecular complexity index is 776. The number of likely N-dealkylation sites (tertiary alicyclic amines) is 1. The summed E-state index contributed by atoms with van der Waals surface area (Å²) in [7, 11) is 3.91.